The molecule has 0 fully saturated rings. The molecule has 0 radical (unpaired) electrons. The highest BCUT2D eigenvalue weighted by Crippen LogP contribution is 2.26. The van der Waals surface area contributed by atoms with Gasteiger partial charge < -0.3 is 9.52 Å². The van der Waals surface area contributed by atoms with Gasteiger partial charge in [0.05, 0.1) is 4.88 Å². The molecule has 2 aromatic heterocycles. The molecule has 0 aromatic carbocycles. The lowest BCUT2D eigenvalue weighted by molar-refractivity contribution is -0.137. The Morgan fingerprint density at radius 2 is 2.26 bits per heavy atom. The number of unbranched alkanes of at least 4 members (excludes halogenated alkanes) is 2. The first kappa shape index (κ1) is 14.1. The molecule has 0 saturated heterocycles. The molecule has 0 atom stereocenters. The fourth-order valence-electron chi connectivity index (χ4n) is 1.48. The Hall–Kier alpha value is -1.34. The zero-order chi connectivity index (χ0) is 13.5. The number of carboxylic acids is 1. The maximum atomic E-state index is 10.3. The number of carboxylic acid groups (broad SMARTS) is 1. The molecule has 0 unspecified atom stereocenters. The second kappa shape index (κ2) is 7.30. The number of nitrogens with zero attached hydrogens (tertiary/aromatic N) is 2. The SMILES string of the molecule is O=C(O)CCCCCSc1nnc(-c2cccs2)o1. The van der Waals surface area contributed by atoms with E-state index in [0.717, 1.165) is 29.9 Å². The van der Waals surface area contributed by atoms with E-state index in [1.165, 1.54) is 11.8 Å². The van der Waals surface area contributed by atoms with Crippen LogP contribution in [0, 0.1) is 0 Å². The van der Waals surface area contributed by atoms with Crippen molar-refractivity contribution in [1.82, 2.24) is 10.2 Å². The molecule has 2 aromatic rings. The van der Waals surface area contributed by atoms with E-state index in [0.29, 0.717) is 11.1 Å². The highest BCUT2D eigenvalue weighted by molar-refractivity contribution is 7.99. The number of carbonyl (C=O) groups is 1. The molecule has 1 N–H and O–H groups in total. The standard InChI is InChI=1S/C12H14N2O3S2/c15-10(16)6-2-1-3-7-19-12-14-13-11(17-12)9-5-4-8-18-9/h4-5,8H,1-3,6-7H2,(H,15,16). The zero-order valence-corrected chi connectivity index (χ0v) is 11.9. The smallest absolute Gasteiger partial charge is 0.303 e. The van der Waals surface area contributed by atoms with Crippen molar-refractivity contribution in [3.8, 4) is 10.8 Å². The molecule has 7 heteroatoms. The van der Waals surface area contributed by atoms with Gasteiger partial charge in [-0.2, -0.15) is 0 Å². The average molecular weight is 298 g/mol. The Morgan fingerprint density at radius 1 is 1.37 bits per heavy atom. The van der Waals surface area contributed by atoms with Crippen LogP contribution in [0.5, 0.6) is 0 Å². The van der Waals surface area contributed by atoms with E-state index in [4.69, 9.17) is 9.52 Å². The van der Waals surface area contributed by atoms with Gasteiger partial charge >= 0.3 is 5.97 Å². The van der Waals surface area contributed by atoms with Crippen molar-refractivity contribution in [2.45, 2.75) is 30.9 Å². The van der Waals surface area contributed by atoms with Gasteiger partial charge in [-0.3, -0.25) is 4.79 Å². The van der Waals surface area contributed by atoms with Crippen LogP contribution in [0.3, 0.4) is 0 Å². The number of rotatable bonds is 8. The lowest BCUT2D eigenvalue weighted by Crippen LogP contribution is -1.93. The van der Waals surface area contributed by atoms with Crippen molar-refractivity contribution in [2.75, 3.05) is 5.75 Å². The van der Waals surface area contributed by atoms with Crippen molar-refractivity contribution in [2.24, 2.45) is 0 Å². The maximum Gasteiger partial charge on any atom is 0.303 e. The summed E-state index contributed by atoms with van der Waals surface area (Å²) in [6, 6.07) is 3.89. The highest BCUT2D eigenvalue weighted by Gasteiger charge is 2.09. The predicted molar refractivity (Wildman–Crippen MR) is 74.4 cm³/mol. The summed E-state index contributed by atoms with van der Waals surface area (Å²) in [5.41, 5.74) is 0. The predicted octanol–water partition coefficient (Wildman–Crippen LogP) is 3.54. The van der Waals surface area contributed by atoms with Gasteiger partial charge in [0.15, 0.2) is 0 Å². The van der Waals surface area contributed by atoms with E-state index in [2.05, 4.69) is 10.2 Å². The molecular weight excluding hydrogens is 284 g/mol. The summed E-state index contributed by atoms with van der Waals surface area (Å²) < 4.78 is 5.53. The monoisotopic (exact) mass is 298 g/mol. The van der Waals surface area contributed by atoms with E-state index in [9.17, 15) is 4.79 Å². The summed E-state index contributed by atoms with van der Waals surface area (Å²) >= 11 is 3.08. The van der Waals surface area contributed by atoms with Crippen molar-refractivity contribution >= 4 is 29.1 Å². The lowest BCUT2D eigenvalue weighted by Gasteiger charge is -1.96. The second-order valence-corrected chi connectivity index (χ2v) is 5.90. The van der Waals surface area contributed by atoms with Crippen LogP contribution in [-0.4, -0.2) is 27.0 Å². The van der Waals surface area contributed by atoms with Crippen molar-refractivity contribution in [3.63, 3.8) is 0 Å². The van der Waals surface area contributed by atoms with E-state index < -0.39 is 5.97 Å². The van der Waals surface area contributed by atoms with Crippen LogP contribution in [-0.2, 0) is 4.79 Å². The zero-order valence-electron chi connectivity index (χ0n) is 10.2. The molecule has 0 saturated carbocycles. The number of aliphatic carboxylic acids is 1. The Kier molecular flexibility index (Phi) is 5.41. The third-order valence-electron chi connectivity index (χ3n) is 2.40. The summed E-state index contributed by atoms with van der Waals surface area (Å²) in [7, 11) is 0. The molecule has 0 spiro atoms. The first-order valence-electron chi connectivity index (χ1n) is 5.97. The molecule has 0 aliphatic carbocycles. The molecule has 2 heterocycles. The molecule has 0 amide bonds. The normalized spacial score (nSPS) is 10.7. The molecule has 0 aliphatic heterocycles. The number of thioether (sulfide) groups is 1. The third-order valence-corrected chi connectivity index (χ3v) is 4.16. The molecule has 0 bridgehead atoms. The largest absolute Gasteiger partial charge is 0.481 e. The fourth-order valence-corrected chi connectivity index (χ4v) is 2.89. The van der Waals surface area contributed by atoms with Gasteiger partial charge in [0.2, 0.25) is 0 Å². The van der Waals surface area contributed by atoms with Gasteiger partial charge in [0, 0.05) is 12.2 Å². The first-order chi connectivity index (χ1) is 9.25. The molecule has 102 valence electrons. The van der Waals surface area contributed by atoms with Crippen LogP contribution in [0.15, 0.2) is 27.2 Å². The minimum absolute atomic E-state index is 0.244. The number of aromatic nitrogens is 2. The minimum atomic E-state index is -0.731. The van der Waals surface area contributed by atoms with Crippen LogP contribution in [0.4, 0.5) is 0 Å². The van der Waals surface area contributed by atoms with Gasteiger partial charge in [0.25, 0.3) is 11.1 Å². The lowest BCUT2D eigenvalue weighted by atomic mass is 10.2. The van der Waals surface area contributed by atoms with Crippen LogP contribution in [0.25, 0.3) is 10.8 Å². The summed E-state index contributed by atoms with van der Waals surface area (Å²) in [6.45, 7) is 0. The first-order valence-corrected chi connectivity index (χ1v) is 7.84. The summed E-state index contributed by atoms with van der Waals surface area (Å²) in [5.74, 6) is 0.694. The van der Waals surface area contributed by atoms with Crippen LogP contribution >= 0.6 is 23.1 Å². The fraction of sp³-hybridized carbons (Fsp3) is 0.417. The van der Waals surface area contributed by atoms with E-state index >= 15 is 0 Å². The van der Waals surface area contributed by atoms with Gasteiger partial charge in [0.1, 0.15) is 0 Å². The van der Waals surface area contributed by atoms with Crippen molar-refractivity contribution < 1.29 is 14.3 Å². The van der Waals surface area contributed by atoms with E-state index in [1.807, 2.05) is 17.5 Å². The van der Waals surface area contributed by atoms with Crippen molar-refractivity contribution in [3.05, 3.63) is 17.5 Å². The molecule has 5 nitrogen and oxygen atoms in total. The van der Waals surface area contributed by atoms with Crippen molar-refractivity contribution in [1.29, 1.82) is 0 Å². The van der Waals surface area contributed by atoms with Gasteiger partial charge in [-0.05, 0) is 24.3 Å². The molecule has 0 aliphatic rings. The number of thiophene rings is 1. The van der Waals surface area contributed by atoms with Crippen LogP contribution in [0.2, 0.25) is 0 Å². The topological polar surface area (TPSA) is 76.2 Å². The Bertz CT molecular complexity index is 511. The Morgan fingerprint density at radius 3 is 3.00 bits per heavy atom. The summed E-state index contributed by atoms with van der Waals surface area (Å²) in [4.78, 5) is 11.3. The van der Waals surface area contributed by atoms with E-state index in [-0.39, 0.29) is 6.42 Å². The van der Waals surface area contributed by atoms with Crippen LogP contribution in [0.1, 0.15) is 25.7 Å². The molecule has 19 heavy (non-hydrogen) atoms. The third kappa shape index (κ3) is 4.68. The summed E-state index contributed by atoms with van der Waals surface area (Å²) in [6.07, 6.45) is 2.83. The quantitative estimate of drug-likeness (QED) is 0.593. The Labute approximate surface area is 119 Å². The van der Waals surface area contributed by atoms with Gasteiger partial charge in [-0.25, -0.2) is 0 Å². The molecular formula is C12H14N2O3S2. The summed E-state index contributed by atoms with van der Waals surface area (Å²) in [5, 5.41) is 19.0. The number of hydrogen-bond donors (Lipinski definition) is 1. The van der Waals surface area contributed by atoms with Gasteiger partial charge in [-0.1, -0.05) is 24.2 Å². The minimum Gasteiger partial charge on any atom is -0.481 e. The van der Waals surface area contributed by atoms with Crippen LogP contribution < -0.4 is 0 Å². The molecule has 2 rings (SSSR count). The van der Waals surface area contributed by atoms with E-state index in [1.54, 1.807) is 11.3 Å². The maximum absolute atomic E-state index is 10.3. The average Bonchev–Trinajstić information content (AvgIpc) is 3.03. The second-order valence-electron chi connectivity index (χ2n) is 3.90. The highest BCUT2D eigenvalue weighted by atomic mass is 32.2. The number of hydrogen-bond acceptors (Lipinski definition) is 6. The van der Waals surface area contributed by atoms with Gasteiger partial charge in [-0.15, -0.1) is 21.5 Å². The Balaban J connectivity index is 1.68.